The van der Waals surface area contributed by atoms with Crippen molar-refractivity contribution < 1.29 is 9.53 Å². The maximum atomic E-state index is 11.6. The molecule has 3 heteroatoms. The van der Waals surface area contributed by atoms with Crippen molar-refractivity contribution in [3.63, 3.8) is 0 Å². The zero-order valence-electron chi connectivity index (χ0n) is 8.34. The van der Waals surface area contributed by atoms with Gasteiger partial charge in [-0.05, 0) is 24.6 Å². The number of halogens is 1. The van der Waals surface area contributed by atoms with Crippen LogP contribution >= 0.6 is 15.9 Å². The summed E-state index contributed by atoms with van der Waals surface area (Å²) in [7, 11) is 1.59. The van der Waals surface area contributed by atoms with Crippen molar-refractivity contribution in [1.82, 2.24) is 0 Å². The normalized spacial score (nSPS) is 9.93. The molecule has 0 aliphatic carbocycles. The number of ketones is 1. The van der Waals surface area contributed by atoms with Crippen molar-refractivity contribution in [2.24, 2.45) is 0 Å². The molecule has 1 aromatic carbocycles. The van der Waals surface area contributed by atoms with Crippen LogP contribution in [0.4, 0.5) is 0 Å². The number of hydrogen-bond donors (Lipinski definition) is 0. The molecule has 0 spiro atoms. The number of methoxy groups -OCH3 is 1. The van der Waals surface area contributed by atoms with Gasteiger partial charge in [-0.25, -0.2) is 0 Å². The molecule has 0 amide bonds. The first-order chi connectivity index (χ1) is 6.69. The molecule has 1 rings (SSSR count). The van der Waals surface area contributed by atoms with Gasteiger partial charge in [0.05, 0.1) is 7.11 Å². The van der Waals surface area contributed by atoms with E-state index in [1.165, 1.54) is 0 Å². The number of carbonyl (C=O) groups is 1. The minimum absolute atomic E-state index is 0.151. The molecule has 0 atom stereocenters. The minimum Gasteiger partial charge on any atom is -0.497 e. The monoisotopic (exact) mass is 256 g/mol. The predicted molar refractivity (Wildman–Crippen MR) is 59.9 cm³/mol. The van der Waals surface area contributed by atoms with E-state index >= 15 is 0 Å². The number of hydrogen-bond acceptors (Lipinski definition) is 2. The van der Waals surface area contributed by atoms with Gasteiger partial charge < -0.3 is 4.74 Å². The average Bonchev–Trinajstić information content (AvgIpc) is 2.19. The van der Waals surface area contributed by atoms with Gasteiger partial charge in [-0.3, -0.25) is 4.79 Å². The highest BCUT2D eigenvalue weighted by Gasteiger charge is 2.09. The van der Waals surface area contributed by atoms with E-state index in [9.17, 15) is 4.79 Å². The van der Waals surface area contributed by atoms with Crippen molar-refractivity contribution >= 4 is 21.7 Å². The van der Waals surface area contributed by atoms with Crippen molar-refractivity contribution in [1.29, 1.82) is 0 Å². The molecule has 0 N–H and O–H groups in total. The molecule has 0 aromatic heterocycles. The molecular weight excluding hydrogens is 244 g/mol. The van der Waals surface area contributed by atoms with Crippen LogP contribution in [-0.4, -0.2) is 12.9 Å². The second kappa shape index (κ2) is 5.15. The van der Waals surface area contributed by atoms with Crippen molar-refractivity contribution in [2.45, 2.75) is 19.8 Å². The smallest absolute Gasteiger partial charge is 0.164 e. The Hall–Kier alpha value is -0.830. The van der Waals surface area contributed by atoms with E-state index in [2.05, 4.69) is 15.9 Å². The summed E-state index contributed by atoms with van der Waals surface area (Å²) >= 11 is 3.35. The zero-order valence-corrected chi connectivity index (χ0v) is 9.93. The summed E-state index contributed by atoms with van der Waals surface area (Å²) in [6.45, 7) is 1.99. The summed E-state index contributed by atoms with van der Waals surface area (Å²) in [5, 5.41) is 0. The standard InChI is InChI=1S/C11H13BrO2/c1-3-4-11(13)9-7-8(14-2)5-6-10(9)12/h5-7H,3-4H2,1-2H3. The quantitative estimate of drug-likeness (QED) is 0.772. The van der Waals surface area contributed by atoms with Crippen LogP contribution in [0.15, 0.2) is 22.7 Å². The van der Waals surface area contributed by atoms with E-state index in [0.29, 0.717) is 17.7 Å². The molecule has 0 aliphatic heterocycles. The molecule has 0 heterocycles. The number of rotatable bonds is 4. The van der Waals surface area contributed by atoms with Crippen molar-refractivity contribution in [3.8, 4) is 5.75 Å². The third kappa shape index (κ3) is 2.58. The van der Waals surface area contributed by atoms with Gasteiger partial charge in [0, 0.05) is 16.5 Å². The lowest BCUT2D eigenvalue weighted by atomic mass is 10.1. The lowest BCUT2D eigenvalue weighted by molar-refractivity contribution is 0.0980. The predicted octanol–water partition coefficient (Wildman–Crippen LogP) is 3.44. The zero-order chi connectivity index (χ0) is 10.6. The molecule has 1 aromatic rings. The molecule has 0 aliphatic rings. The van der Waals surface area contributed by atoms with Crippen LogP contribution in [0.1, 0.15) is 30.1 Å². The van der Waals surface area contributed by atoms with E-state index in [4.69, 9.17) is 4.74 Å². The highest BCUT2D eigenvalue weighted by molar-refractivity contribution is 9.10. The topological polar surface area (TPSA) is 26.3 Å². The van der Waals surface area contributed by atoms with Gasteiger partial charge in [0.15, 0.2) is 5.78 Å². The Balaban J connectivity index is 2.99. The Kier molecular flexibility index (Phi) is 4.14. The maximum absolute atomic E-state index is 11.6. The van der Waals surface area contributed by atoms with Crippen LogP contribution in [-0.2, 0) is 0 Å². The van der Waals surface area contributed by atoms with Gasteiger partial charge in [-0.2, -0.15) is 0 Å². The molecule has 76 valence electrons. The highest BCUT2D eigenvalue weighted by atomic mass is 79.9. The Morgan fingerprint density at radius 1 is 1.50 bits per heavy atom. The minimum atomic E-state index is 0.151. The van der Waals surface area contributed by atoms with Crippen LogP contribution in [0.3, 0.4) is 0 Å². The summed E-state index contributed by atoms with van der Waals surface area (Å²) in [6, 6.07) is 5.43. The molecule has 0 saturated carbocycles. The van der Waals surface area contributed by atoms with Crippen LogP contribution in [0, 0.1) is 0 Å². The second-order valence-corrected chi connectivity index (χ2v) is 3.87. The van der Waals surface area contributed by atoms with Crippen molar-refractivity contribution in [2.75, 3.05) is 7.11 Å². The molecule has 0 bridgehead atoms. The Labute approximate surface area is 92.4 Å². The lowest BCUT2D eigenvalue weighted by Gasteiger charge is -2.05. The molecule has 14 heavy (non-hydrogen) atoms. The number of ether oxygens (including phenoxy) is 1. The van der Waals surface area contributed by atoms with E-state index in [1.807, 2.05) is 19.1 Å². The van der Waals surface area contributed by atoms with Gasteiger partial charge in [0.25, 0.3) is 0 Å². The molecule has 0 unspecified atom stereocenters. The summed E-state index contributed by atoms with van der Waals surface area (Å²) in [5.41, 5.74) is 0.700. The van der Waals surface area contributed by atoms with Gasteiger partial charge in [-0.1, -0.05) is 22.9 Å². The SMILES string of the molecule is CCCC(=O)c1cc(OC)ccc1Br. The molecular formula is C11H13BrO2. The maximum Gasteiger partial charge on any atom is 0.164 e. The first kappa shape index (κ1) is 11.2. The number of benzene rings is 1. The average molecular weight is 257 g/mol. The fourth-order valence-electron chi connectivity index (χ4n) is 1.21. The van der Waals surface area contributed by atoms with Crippen LogP contribution < -0.4 is 4.74 Å². The highest BCUT2D eigenvalue weighted by Crippen LogP contribution is 2.23. The fraction of sp³-hybridized carbons (Fsp3) is 0.364. The number of Topliss-reactive ketones (excluding diaryl/α,β-unsaturated/α-hetero) is 1. The first-order valence-electron chi connectivity index (χ1n) is 4.55. The summed E-state index contributed by atoms with van der Waals surface area (Å²) < 4.78 is 5.90. The number of carbonyl (C=O) groups excluding carboxylic acids is 1. The van der Waals surface area contributed by atoms with Crippen LogP contribution in [0.25, 0.3) is 0 Å². The van der Waals surface area contributed by atoms with Crippen molar-refractivity contribution in [3.05, 3.63) is 28.2 Å². The van der Waals surface area contributed by atoms with Crippen LogP contribution in [0.5, 0.6) is 5.75 Å². The molecule has 2 nitrogen and oxygen atoms in total. The third-order valence-corrected chi connectivity index (χ3v) is 2.64. The van der Waals surface area contributed by atoms with Gasteiger partial charge in [-0.15, -0.1) is 0 Å². The molecule has 0 saturated heterocycles. The van der Waals surface area contributed by atoms with Crippen LogP contribution in [0.2, 0.25) is 0 Å². The van der Waals surface area contributed by atoms with E-state index in [1.54, 1.807) is 13.2 Å². The Morgan fingerprint density at radius 2 is 2.21 bits per heavy atom. The summed E-state index contributed by atoms with van der Waals surface area (Å²) in [5.74, 6) is 0.867. The largest absolute Gasteiger partial charge is 0.497 e. The lowest BCUT2D eigenvalue weighted by Crippen LogP contribution is -1.99. The summed E-state index contributed by atoms with van der Waals surface area (Å²) in [4.78, 5) is 11.6. The van der Waals surface area contributed by atoms with Gasteiger partial charge >= 0.3 is 0 Å². The van der Waals surface area contributed by atoms with E-state index in [0.717, 1.165) is 10.9 Å². The third-order valence-electron chi connectivity index (χ3n) is 1.95. The fourth-order valence-corrected chi connectivity index (χ4v) is 1.67. The first-order valence-corrected chi connectivity index (χ1v) is 5.35. The molecule has 0 fully saturated rings. The van der Waals surface area contributed by atoms with E-state index < -0.39 is 0 Å². The Bertz CT molecular complexity index is 334. The Morgan fingerprint density at radius 3 is 2.79 bits per heavy atom. The summed E-state index contributed by atoms with van der Waals surface area (Å²) in [6.07, 6.45) is 1.44. The van der Waals surface area contributed by atoms with Gasteiger partial charge in [0.2, 0.25) is 0 Å². The molecule has 0 radical (unpaired) electrons. The van der Waals surface area contributed by atoms with E-state index in [-0.39, 0.29) is 5.78 Å². The van der Waals surface area contributed by atoms with Gasteiger partial charge in [0.1, 0.15) is 5.75 Å². The second-order valence-electron chi connectivity index (χ2n) is 3.02.